The van der Waals surface area contributed by atoms with Crippen LogP contribution in [0.5, 0.6) is 5.75 Å². The standard InChI is InChI=1S/C15H21NO4/c1-3-11-20-14-6-4-13(5-7-14)15(18)16(8-10-17)9-12-19-2/h3-7,17H,1,8-12H2,2H3. The van der Waals surface area contributed by atoms with E-state index in [1.54, 1.807) is 42.4 Å². The van der Waals surface area contributed by atoms with Crippen LogP contribution < -0.4 is 4.74 Å². The number of carbonyl (C=O) groups excluding carboxylic acids is 1. The van der Waals surface area contributed by atoms with Gasteiger partial charge in [0, 0.05) is 25.8 Å². The van der Waals surface area contributed by atoms with E-state index >= 15 is 0 Å². The Morgan fingerprint density at radius 2 is 2.05 bits per heavy atom. The Morgan fingerprint density at radius 3 is 2.60 bits per heavy atom. The fourth-order valence-corrected chi connectivity index (χ4v) is 1.67. The highest BCUT2D eigenvalue weighted by atomic mass is 16.5. The summed E-state index contributed by atoms with van der Waals surface area (Å²) in [4.78, 5) is 13.8. The van der Waals surface area contributed by atoms with Gasteiger partial charge in [-0.2, -0.15) is 0 Å². The molecule has 1 N–H and O–H groups in total. The molecule has 0 atom stereocenters. The normalized spacial score (nSPS) is 10.1. The van der Waals surface area contributed by atoms with Gasteiger partial charge in [-0.1, -0.05) is 12.7 Å². The largest absolute Gasteiger partial charge is 0.490 e. The summed E-state index contributed by atoms with van der Waals surface area (Å²) in [5, 5.41) is 9.01. The number of methoxy groups -OCH3 is 1. The van der Waals surface area contributed by atoms with Crippen molar-refractivity contribution >= 4 is 5.91 Å². The van der Waals surface area contributed by atoms with E-state index in [2.05, 4.69) is 6.58 Å². The number of hydrogen-bond acceptors (Lipinski definition) is 4. The minimum absolute atomic E-state index is 0.0734. The molecule has 0 saturated carbocycles. The monoisotopic (exact) mass is 279 g/mol. The van der Waals surface area contributed by atoms with Gasteiger partial charge in [0.25, 0.3) is 5.91 Å². The van der Waals surface area contributed by atoms with Crippen molar-refractivity contribution in [2.75, 3.05) is 40.0 Å². The molecule has 0 bridgehead atoms. The molecule has 20 heavy (non-hydrogen) atoms. The lowest BCUT2D eigenvalue weighted by Gasteiger charge is -2.21. The van der Waals surface area contributed by atoms with Crippen molar-refractivity contribution in [3.63, 3.8) is 0 Å². The minimum Gasteiger partial charge on any atom is -0.490 e. The average Bonchev–Trinajstić information content (AvgIpc) is 2.49. The lowest BCUT2D eigenvalue weighted by Crippen LogP contribution is -2.36. The maximum atomic E-state index is 12.3. The summed E-state index contributed by atoms with van der Waals surface area (Å²) in [6.45, 7) is 5.10. The number of hydrogen-bond donors (Lipinski definition) is 1. The fourth-order valence-electron chi connectivity index (χ4n) is 1.67. The second kappa shape index (κ2) is 9.12. The van der Waals surface area contributed by atoms with Crippen molar-refractivity contribution < 1.29 is 19.4 Å². The molecule has 0 aliphatic heterocycles. The van der Waals surface area contributed by atoms with Gasteiger partial charge in [0.2, 0.25) is 0 Å². The van der Waals surface area contributed by atoms with Crippen LogP contribution >= 0.6 is 0 Å². The lowest BCUT2D eigenvalue weighted by atomic mass is 10.2. The molecule has 0 unspecified atom stereocenters. The van der Waals surface area contributed by atoms with E-state index in [9.17, 15) is 4.79 Å². The number of aliphatic hydroxyl groups excluding tert-OH is 1. The first-order chi connectivity index (χ1) is 9.72. The zero-order chi connectivity index (χ0) is 14.8. The minimum atomic E-state index is -0.133. The van der Waals surface area contributed by atoms with E-state index in [0.717, 1.165) is 0 Å². The molecule has 110 valence electrons. The summed E-state index contributed by atoms with van der Waals surface area (Å²) >= 11 is 0. The average molecular weight is 279 g/mol. The third-order valence-electron chi connectivity index (χ3n) is 2.69. The van der Waals surface area contributed by atoms with Crippen LogP contribution in [0.3, 0.4) is 0 Å². The van der Waals surface area contributed by atoms with Gasteiger partial charge >= 0.3 is 0 Å². The van der Waals surface area contributed by atoms with Gasteiger partial charge in [-0.15, -0.1) is 0 Å². The van der Waals surface area contributed by atoms with Gasteiger partial charge in [0.05, 0.1) is 13.2 Å². The van der Waals surface area contributed by atoms with Crippen molar-refractivity contribution in [1.82, 2.24) is 4.90 Å². The first-order valence-corrected chi connectivity index (χ1v) is 6.45. The number of rotatable bonds is 9. The first kappa shape index (κ1) is 16.2. The summed E-state index contributed by atoms with van der Waals surface area (Å²) in [5.41, 5.74) is 0.556. The lowest BCUT2D eigenvalue weighted by molar-refractivity contribution is 0.0656. The Balaban J connectivity index is 2.70. The topological polar surface area (TPSA) is 59.0 Å². The van der Waals surface area contributed by atoms with Crippen LogP contribution in [0.1, 0.15) is 10.4 Å². The maximum Gasteiger partial charge on any atom is 0.254 e. The van der Waals surface area contributed by atoms with Crippen LogP contribution in [0.2, 0.25) is 0 Å². The predicted molar refractivity (Wildman–Crippen MR) is 77.0 cm³/mol. The molecule has 0 aliphatic rings. The highest BCUT2D eigenvalue weighted by molar-refractivity contribution is 5.94. The number of ether oxygens (including phenoxy) is 2. The van der Waals surface area contributed by atoms with Crippen molar-refractivity contribution in [2.45, 2.75) is 0 Å². The first-order valence-electron chi connectivity index (χ1n) is 6.45. The molecular weight excluding hydrogens is 258 g/mol. The molecule has 0 fully saturated rings. The fraction of sp³-hybridized carbons (Fsp3) is 0.400. The molecule has 0 heterocycles. The Hall–Kier alpha value is -1.85. The second-order valence-corrected chi connectivity index (χ2v) is 4.13. The molecule has 0 radical (unpaired) electrons. The van der Waals surface area contributed by atoms with E-state index < -0.39 is 0 Å². The van der Waals surface area contributed by atoms with Crippen LogP contribution in [0.25, 0.3) is 0 Å². The van der Waals surface area contributed by atoms with E-state index in [1.807, 2.05) is 0 Å². The number of aliphatic hydroxyl groups is 1. The van der Waals surface area contributed by atoms with E-state index in [1.165, 1.54) is 0 Å². The Bertz CT molecular complexity index is 416. The third-order valence-corrected chi connectivity index (χ3v) is 2.69. The molecule has 1 amide bonds. The zero-order valence-corrected chi connectivity index (χ0v) is 11.7. The molecule has 1 aromatic rings. The van der Waals surface area contributed by atoms with Crippen molar-refractivity contribution in [3.05, 3.63) is 42.5 Å². The molecule has 0 aliphatic carbocycles. The number of nitrogens with zero attached hydrogens (tertiary/aromatic N) is 1. The van der Waals surface area contributed by atoms with Gasteiger partial charge in [0.15, 0.2) is 0 Å². The quantitative estimate of drug-likeness (QED) is 0.693. The number of amides is 1. The van der Waals surface area contributed by atoms with Gasteiger partial charge in [0.1, 0.15) is 12.4 Å². The van der Waals surface area contributed by atoms with E-state index in [4.69, 9.17) is 14.6 Å². The molecule has 1 aromatic carbocycles. The molecular formula is C15H21NO4. The smallest absolute Gasteiger partial charge is 0.254 e. The third kappa shape index (κ3) is 5.03. The number of carbonyl (C=O) groups is 1. The summed E-state index contributed by atoms with van der Waals surface area (Å²) < 4.78 is 10.3. The van der Waals surface area contributed by atoms with Crippen LogP contribution in [0, 0.1) is 0 Å². The van der Waals surface area contributed by atoms with Gasteiger partial charge in [-0.25, -0.2) is 0 Å². The second-order valence-electron chi connectivity index (χ2n) is 4.13. The Kier molecular flexibility index (Phi) is 7.39. The molecule has 0 aromatic heterocycles. The van der Waals surface area contributed by atoms with Crippen molar-refractivity contribution in [3.8, 4) is 5.75 Å². The summed E-state index contributed by atoms with van der Waals surface area (Å²) in [7, 11) is 1.58. The van der Waals surface area contributed by atoms with Crippen LogP contribution in [0.15, 0.2) is 36.9 Å². The zero-order valence-electron chi connectivity index (χ0n) is 11.7. The molecule has 5 nitrogen and oxygen atoms in total. The molecule has 0 spiro atoms. The molecule has 1 rings (SSSR count). The Labute approximate surface area is 119 Å². The predicted octanol–water partition coefficient (Wildman–Crippen LogP) is 1.33. The van der Waals surface area contributed by atoms with Gasteiger partial charge < -0.3 is 19.5 Å². The molecule has 0 saturated heterocycles. The van der Waals surface area contributed by atoms with Gasteiger partial charge in [-0.3, -0.25) is 4.79 Å². The SMILES string of the molecule is C=CCOc1ccc(C(=O)N(CCO)CCOC)cc1. The highest BCUT2D eigenvalue weighted by Crippen LogP contribution is 2.13. The number of benzene rings is 1. The maximum absolute atomic E-state index is 12.3. The van der Waals surface area contributed by atoms with Crippen LogP contribution in [0.4, 0.5) is 0 Å². The van der Waals surface area contributed by atoms with Crippen molar-refractivity contribution in [1.29, 1.82) is 0 Å². The highest BCUT2D eigenvalue weighted by Gasteiger charge is 2.14. The van der Waals surface area contributed by atoms with Crippen LogP contribution in [-0.2, 0) is 4.74 Å². The summed E-state index contributed by atoms with van der Waals surface area (Å²) in [6.07, 6.45) is 1.66. The molecule has 5 heteroatoms. The van der Waals surface area contributed by atoms with Crippen LogP contribution in [-0.4, -0.2) is 55.9 Å². The van der Waals surface area contributed by atoms with Crippen molar-refractivity contribution in [2.24, 2.45) is 0 Å². The van der Waals surface area contributed by atoms with Gasteiger partial charge in [-0.05, 0) is 24.3 Å². The Morgan fingerprint density at radius 1 is 1.35 bits per heavy atom. The van der Waals surface area contributed by atoms with E-state index in [-0.39, 0.29) is 19.1 Å². The summed E-state index contributed by atoms with van der Waals surface area (Å²) in [5.74, 6) is 0.554. The van der Waals surface area contributed by atoms with E-state index in [0.29, 0.717) is 31.1 Å². The summed E-state index contributed by atoms with van der Waals surface area (Å²) in [6, 6.07) is 6.89.